The third-order valence-corrected chi connectivity index (χ3v) is 5.42. The normalized spacial score (nSPS) is 11.2. The Morgan fingerprint density at radius 3 is 2.39 bits per heavy atom. The number of rotatable bonds is 6. The molecule has 0 aliphatic rings. The number of amides is 1. The second-order valence-electron chi connectivity index (χ2n) is 5.98. The summed E-state index contributed by atoms with van der Waals surface area (Å²) in [4.78, 5) is 16.5. The van der Waals surface area contributed by atoms with Crippen LogP contribution in [0, 0.1) is 0 Å². The molecular formula is C18H17ClN4O4S. The van der Waals surface area contributed by atoms with Crippen molar-refractivity contribution in [3.05, 3.63) is 65.0 Å². The summed E-state index contributed by atoms with van der Waals surface area (Å²) in [5.74, 6) is 0.306. The van der Waals surface area contributed by atoms with E-state index in [1.807, 2.05) is 0 Å². The number of hydrogen-bond donors (Lipinski definition) is 1. The van der Waals surface area contributed by atoms with E-state index in [2.05, 4.69) is 15.5 Å². The van der Waals surface area contributed by atoms with Crippen LogP contribution in [-0.2, 0) is 16.6 Å². The van der Waals surface area contributed by atoms with Crippen LogP contribution in [-0.4, -0.2) is 37.8 Å². The molecule has 0 bridgehead atoms. The van der Waals surface area contributed by atoms with Crippen LogP contribution >= 0.6 is 11.6 Å². The van der Waals surface area contributed by atoms with Crippen molar-refractivity contribution in [3.63, 3.8) is 0 Å². The molecule has 0 saturated carbocycles. The zero-order valence-corrected chi connectivity index (χ0v) is 16.7. The van der Waals surface area contributed by atoms with Crippen molar-refractivity contribution in [2.24, 2.45) is 0 Å². The molecule has 0 spiro atoms. The number of carbonyl (C=O) groups is 1. The van der Waals surface area contributed by atoms with Gasteiger partial charge in [-0.15, -0.1) is 0 Å². The predicted molar refractivity (Wildman–Crippen MR) is 106 cm³/mol. The molecule has 28 heavy (non-hydrogen) atoms. The molecule has 1 N–H and O–H groups in total. The topological polar surface area (TPSA) is 105 Å². The number of aromatic nitrogens is 2. The molecule has 1 aromatic heterocycles. The maximum Gasteiger partial charge on any atom is 0.251 e. The minimum atomic E-state index is -3.36. The molecule has 10 heteroatoms. The number of sulfonamides is 1. The summed E-state index contributed by atoms with van der Waals surface area (Å²) in [5.41, 5.74) is 1.59. The van der Waals surface area contributed by atoms with Gasteiger partial charge in [-0.25, -0.2) is 8.42 Å². The smallest absolute Gasteiger partial charge is 0.251 e. The van der Waals surface area contributed by atoms with E-state index in [4.69, 9.17) is 16.1 Å². The van der Waals surface area contributed by atoms with Gasteiger partial charge in [0.15, 0.2) is 0 Å². The second-order valence-corrected chi connectivity index (χ2v) is 8.43. The fraction of sp³-hybridized carbons (Fsp3) is 0.167. The Morgan fingerprint density at radius 2 is 1.79 bits per heavy atom. The number of nitrogens with zero attached hydrogens (tertiary/aromatic N) is 3. The molecule has 0 atom stereocenters. The maximum absolute atomic E-state index is 12.3. The Kier molecular flexibility index (Phi) is 5.66. The first-order valence-electron chi connectivity index (χ1n) is 8.15. The SMILES string of the molecule is CN(c1ccc(C(=O)NCc2nc(-c3ccc(Cl)cc3)no2)cc1)S(C)(=O)=O. The highest BCUT2D eigenvalue weighted by Crippen LogP contribution is 2.19. The molecule has 146 valence electrons. The van der Waals surface area contributed by atoms with E-state index in [9.17, 15) is 13.2 Å². The fourth-order valence-corrected chi connectivity index (χ4v) is 2.95. The van der Waals surface area contributed by atoms with Crippen molar-refractivity contribution in [2.45, 2.75) is 6.54 Å². The van der Waals surface area contributed by atoms with Crippen molar-refractivity contribution in [1.82, 2.24) is 15.5 Å². The lowest BCUT2D eigenvalue weighted by Gasteiger charge is -2.16. The lowest BCUT2D eigenvalue weighted by molar-refractivity contribution is 0.0946. The van der Waals surface area contributed by atoms with Gasteiger partial charge in [-0.05, 0) is 48.5 Å². The van der Waals surface area contributed by atoms with Gasteiger partial charge in [0.05, 0.1) is 18.5 Å². The van der Waals surface area contributed by atoms with Gasteiger partial charge in [-0.2, -0.15) is 4.98 Å². The molecule has 2 aromatic carbocycles. The number of halogens is 1. The van der Waals surface area contributed by atoms with E-state index in [1.54, 1.807) is 48.5 Å². The van der Waals surface area contributed by atoms with Gasteiger partial charge >= 0.3 is 0 Å². The standard InChI is InChI=1S/C18H17ClN4O4S/c1-23(28(2,25)26)15-9-5-13(6-10-15)18(24)20-11-16-21-17(22-27-16)12-3-7-14(19)8-4-12/h3-10H,11H2,1-2H3,(H,20,24). The highest BCUT2D eigenvalue weighted by atomic mass is 35.5. The summed E-state index contributed by atoms with van der Waals surface area (Å²) in [5, 5.41) is 7.16. The lowest BCUT2D eigenvalue weighted by Crippen LogP contribution is -2.25. The van der Waals surface area contributed by atoms with Gasteiger partial charge in [0.25, 0.3) is 5.91 Å². The molecule has 1 heterocycles. The molecule has 3 aromatic rings. The average Bonchev–Trinajstić information content (AvgIpc) is 3.14. The number of nitrogens with one attached hydrogen (secondary N) is 1. The quantitative estimate of drug-likeness (QED) is 0.657. The fourth-order valence-electron chi connectivity index (χ4n) is 2.32. The highest BCUT2D eigenvalue weighted by molar-refractivity contribution is 7.92. The van der Waals surface area contributed by atoms with E-state index in [0.29, 0.717) is 22.1 Å². The first-order chi connectivity index (χ1) is 13.2. The van der Waals surface area contributed by atoms with Crippen LogP contribution in [0.1, 0.15) is 16.2 Å². The van der Waals surface area contributed by atoms with Crippen molar-refractivity contribution < 1.29 is 17.7 Å². The third-order valence-electron chi connectivity index (χ3n) is 3.96. The van der Waals surface area contributed by atoms with Crippen molar-refractivity contribution in [1.29, 1.82) is 0 Å². The van der Waals surface area contributed by atoms with Crippen LogP contribution in [0.25, 0.3) is 11.4 Å². The number of carbonyl (C=O) groups excluding carboxylic acids is 1. The molecule has 1 amide bonds. The Morgan fingerprint density at radius 1 is 1.14 bits per heavy atom. The van der Waals surface area contributed by atoms with Crippen molar-refractivity contribution in [2.75, 3.05) is 17.6 Å². The van der Waals surface area contributed by atoms with Crippen LogP contribution in [0.15, 0.2) is 53.1 Å². The maximum atomic E-state index is 12.3. The van der Waals surface area contributed by atoms with Gasteiger partial charge in [0, 0.05) is 23.2 Å². The summed E-state index contributed by atoms with van der Waals surface area (Å²) in [6, 6.07) is 13.2. The first kappa shape index (κ1) is 19.8. The van der Waals surface area contributed by atoms with Gasteiger partial charge in [0.1, 0.15) is 0 Å². The Hall–Kier alpha value is -2.91. The Balaban J connectivity index is 1.62. The summed E-state index contributed by atoms with van der Waals surface area (Å²) < 4.78 is 29.4. The molecule has 0 aliphatic carbocycles. The summed E-state index contributed by atoms with van der Waals surface area (Å²) >= 11 is 5.85. The minimum Gasteiger partial charge on any atom is -0.343 e. The Bertz CT molecular complexity index is 1080. The van der Waals surface area contributed by atoms with Crippen molar-refractivity contribution in [3.8, 4) is 11.4 Å². The number of benzene rings is 2. The minimum absolute atomic E-state index is 0.0599. The third kappa shape index (κ3) is 4.68. The molecule has 0 fully saturated rings. The molecule has 0 saturated heterocycles. The summed E-state index contributed by atoms with van der Waals surface area (Å²) in [7, 11) is -1.92. The van der Waals surface area contributed by atoms with E-state index in [0.717, 1.165) is 16.1 Å². The van der Waals surface area contributed by atoms with Crippen LogP contribution in [0.4, 0.5) is 5.69 Å². The first-order valence-corrected chi connectivity index (χ1v) is 10.4. The monoisotopic (exact) mass is 420 g/mol. The summed E-state index contributed by atoms with van der Waals surface area (Å²) in [6.45, 7) is 0.0599. The number of anilines is 1. The average molecular weight is 421 g/mol. The van der Waals surface area contributed by atoms with E-state index >= 15 is 0 Å². The zero-order chi connectivity index (χ0) is 20.3. The second kappa shape index (κ2) is 7.99. The molecule has 0 radical (unpaired) electrons. The van der Waals surface area contributed by atoms with Gasteiger partial charge in [0.2, 0.25) is 21.7 Å². The Labute approximate surface area is 167 Å². The molecule has 8 nitrogen and oxygen atoms in total. The van der Waals surface area contributed by atoms with Gasteiger partial charge < -0.3 is 9.84 Å². The summed E-state index contributed by atoms with van der Waals surface area (Å²) in [6.07, 6.45) is 1.11. The van der Waals surface area contributed by atoms with Crippen LogP contribution in [0.2, 0.25) is 5.02 Å². The molecule has 0 aliphatic heterocycles. The lowest BCUT2D eigenvalue weighted by atomic mass is 10.2. The molecule has 0 unspecified atom stereocenters. The van der Waals surface area contributed by atoms with E-state index in [-0.39, 0.29) is 18.3 Å². The predicted octanol–water partition coefficient (Wildman–Crippen LogP) is 2.72. The van der Waals surface area contributed by atoms with Crippen LogP contribution < -0.4 is 9.62 Å². The largest absolute Gasteiger partial charge is 0.343 e. The van der Waals surface area contributed by atoms with Gasteiger partial charge in [-0.3, -0.25) is 9.10 Å². The molecule has 3 rings (SSSR count). The van der Waals surface area contributed by atoms with Crippen LogP contribution in [0.3, 0.4) is 0 Å². The highest BCUT2D eigenvalue weighted by Gasteiger charge is 2.14. The van der Waals surface area contributed by atoms with E-state index < -0.39 is 10.0 Å². The zero-order valence-electron chi connectivity index (χ0n) is 15.1. The van der Waals surface area contributed by atoms with Crippen LogP contribution in [0.5, 0.6) is 0 Å². The van der Waals surface area contributed by atoms with E-state index in [1.165, 1.54) is 7.05 Å². The van der Waals surface area contributed by atoms with Gasteiger partial charge in [-0.1, -0.05) is 16.8 Å². The molecular weight excluding hydrogens is 404 g/mol. The number of hydrogen-bond acceptors (Lipinski definition) is 6. The van der Waals surface area contributed by atoms with Crippen molar-refractivity contribution >= 4 is 33.2 Å².